The number of hydrogen-bond donors (Lipinski definition) is 1. The number of rotatable bonds is 7. The predicted octanol–water partition coefficient (Wildman–Crippen LogP) is 4.35. The van der Waals surface area contributed by atoms with Crippen molar-refractivity contribution in [1.82, 2.24) is 4.90 Å². The van der Waals surface area contributed by atoms with Crippen LogP contribution in [0.2, 0.25) is 0 Å². The maximum atomic E-state index is 11.2. The number of likely N-dealkylation sites (tertiary alicyclic amines) is 1. The van der Waals surface area contributed by atoms with Gasteiger partial charge in [-0.15, -0.1) is 23.7 Å². The van der Waals surface area contributed by atoms with Crippen molar-refractivity contribution in [2.75, 3.05) is 26.2 Å². The van der Waals surface area contributed by atoms with E-state index in [1.54, 1.807) is 11.3 Å². The lowest BCUT2D eigenvalue weighted by Crippen LogP contribution is -2.40. The minimum absolute atomic E-state index is 0. The van der Waals surface area contributed by atoms with Gasteiger partial charge in [0.25, 0.3) is 0 Å². The highest BCUT2D eigenvalue weighted by Gasteiger charge is 2.25. The predicted molar refractivity (Wildman–Crippen MR) is 116 cm³/mol. The number of piperidine rings is 1. The monoisotopic (exact) mass is 422 g/mol. The van der Waals surface area contributed by atoms with Crippen LogP contribution in [0, 0.1) is 19.8 Å². The molecule has 0 amide bonds. The minimum Gasteiger partial charge on any atom is -0.481 e. The van der Waals surface area contributed by atoms with E-state index in [4.69, 9.17) is 4.84 Å². The number of thiophene rings is 1. The molecule has 1 N–H and O–H groups in total. The van der Waals surface area contributed by atoms with Crippen molar-refractivity contribution in [1.29, 1.82) is 0 Å². The summed E-state index contributed by atoms with van der Waals surface area (Å²) in [6.07, 6.45) is 1.68. The number of carbonyl (C=O) groups is 1. The van der Waals surface area contributed by atoms with Gasteiger partial charge in [0, 0.05) is 18.7 Å². The van der Waals surface area contributed by atoms with Gasteiger partial charge in [-0.1, -0.05) is 29.4 Å². The molecule has 1 aromatic heterocycles. The molecule has 2 heterocycles. The topological polar surface area (TPSA) is 62.1 Å². The molecule has 1 fully saturated rings. The Hall–Kier alpha value is -1.89. The summed E-state index contributed by atoms with van der Waals surface area (Å²) >= 11 is 1.66. The molecule has 0 bridgehead atoms. The Morgan fingerprint density at radius 1 is 1.29 bits per heavy atom. The number of benzene rings is 1. The molecule has 5 nitrogen and oxygen atoms in total. The summed E-state index contributed by atoms with van der Waals surface area (Å²) in [6.45, 7) is 6.82. The van der Waals surface area contributed by atoms with Crippen molar-refractivity contribution >= 4 is 35.4 Å². The summed E-state index contributed by atoms with van der Waals surface area (Å²) in [5, 5.41) is 15.8. The second-order valence-electron chi connectivity index (χ2n) is 7.00. The number of aliphatic carboxylic acids is 1. The van der Waals surface area contributed by atoms with Crippen LogP contribution < -0.4 is 0 Å². The van der Waals surface area contributed by atoms with E-state index < -0.39 is 5.97 Å². The molecule has 28 heavy (non-hydrogen) atoms. The third-order valence-electron chi connectivity index (χ3n) is 4.99. The van der Waals surface area contributed by atoms with Gasteiger partial charge in [-0.2, -0.15) is 0 Å². The van der Waals surface area contributed by atoms with Gasteiger partial charge in [-0.3, -0.25) is 9.69 Å². The number of halogens is 1. The first-order chi connectivity index (χ1) is 13.1. The lowest BCUT2D eigenvalue weighted by Gasteiger charge is -2.29. The molecular weight excluding hydrogens is 396 g/mol. The Morgan fingerprint density at radius 3 is 2.75 bits per heavy atom. The van der Waals surface area contributed by atoms with E-state index in [0.717, 1.165) is 41.1 Å². The zero-order valence-corrected chi connectivity index (χ0v) is 17.9. The Kier molecular flexibility index (Phi) is 8.48. The van der Waals surface area contributed by atoms with Crippen molar-refractivity contribution in [3.63, 3.8) is 0 Å². The summed E-state index contributed by atoms with van der Waals surface area (Å²) in [5.74, 6) is -0.966. The molecule has 2 aromatic rings. The van der Waals surface area contributed by atoms with Crippen molar-refractivity contribution in [3.05, 3.63) is 57.3 Å². The Labute approximate surface area is 176 Å². The highest BCUT2D eigenvalue weighted by Crippen LogP contribution is 2.23. The van der Waals surface area contributed by atoms with Gasteiger partial charge in [0.1, 0.15) is 12.3 Å². The maximum Gasteiger partial charge on any atom is 0.307 e. The second kappa shape index (κ2) is 10.6. The van der Waals surface area contributed by atoms with Gasteiger partial charge in [0.15, 0.2) is 0 Å². The number of nitrogens with zero attached hydrogens (tertiary/aromatic N) is 2. The smallest absolute Gasteiger partial charge is 0.307 e. The Morgan fingerprint density at radius 2 is 2.07 bits per heavy atom. The van der Waals surface area contributed by atoms with Gasteiger partial charge in [-0.05, 0) is 55.8 Å². The van der Waals surface area contributed by atoms with Crippen LogP contribution in [0.15, 0.2) is 40.9 Å². The zero-order chi connectivity index (χ0) is 19.2. The molecule has 3 rings (SSSR count). The SMILES string of the molecule is Cc1ccccc1C(=NOCCN1CCC[C@H](C(=O)O)C1)c1sccc1C.Cl. The molecule has 0 unspecified atom stereocenters. The van der Waals surface area contributed by atoms with Crippen LogP contribution >= 0.6 is 23.7 Å². The first-order valence-electron chi connectivity index (χ1n) is 9.32. The van der Waals surface area contributed by atoms with Crippen LogP contribution in [-0.4, -0.2) is 47.9 Å². The van der Waals surface area contributed by atoms with Crippen LogP contribution in [0.25, 0.3) is 0 Å². The van der Waals surface area contributed by atoms with Crippen LogP contribution in [0.1, 0.15) is 34.4 Å². The van der Waals surface area contributed by atoms with Crippen molar-refractivity contribution < 1.29 is 14.7 Å². The normalized spacial score (nSPS) is 17.8. The zero-order valence-electron chi connectivity index (χ0n) is 16.3. The summed E-state index contributed by atoms with van der Waals surface area (Å²) in [6, 6.07) is 10.3. The fourth-order valence-electron chi connectivity index (χ4n) is 3.41. The van der Waals surface area contributed by atoms with Crippen molar-refractivity contribution in [2.24, 2.45) is 11.1 Å². The first kappa shape index (κ1) is 22.4. The van der Waals surface area contributed by atoms with E-state index in [2.05, 4.69) is 47.5 Å². The molecule has 1 saturated heterocycles. The van der Waals surface area contributed by atoms with E-state index in [9.17, 15) is 9.90 Å². The average Bonchev–Trinajstić information content (AvgIpc) is 3.09. The number of oxime groups is 1. The van der Waals surface area contributed by atoms with E-state index in [1.165, 1.54) is 5.56 Å². The fourth-order valence-corrected chi connectivity index (χ4v) is 4.33. The summed E-state index contributed by atoms with van der Waals surface area (Å²) in [4.78, 5) is 20.2. The van der Waals surface area contributed by atoms with Gasteiger partial charge in [0.05, 0.1) is 10.8 Å². The molecule has 1 aromatic carbocycles. The van der Waals surface area contributed by atoms with Gasteiger partial charge in [-0.25, -0.2) is 0 Å². The molecule has 7 heteroatoms. The molecule has 0 aliphatic carbocycles. The number of hydrogen-bond acceptors (Lipinski definition) is 5. The van der Waals surface area contributed by atoms with Crippen molar-refractivity contribution in [3.8, 4) is 0 Å². The van der Waals surface area contributed by atoms with E-state index in [0.29, 0.717) is 19.7 Å². The fraction of sp³-hybridized carbons (Fsp3) is 0.429. The minimum atomic E-state index is -0.700. The highest BCUT2D eigenvalue weighted by atomic mass is 35.5. The number of aryl methyl sites for hydroxylation is 2. The van der Waals surface area contributed by atoms with Crippen molar-refractivity contribution in [2.45, 2.75) is 26.7 Å². The van der Waals surface area contributed by atoms with Crippen LogP contribution in [0.4, 0.5) is 0 Å². The summed E-state index contributed by atoms with van der Waals surface area (Å²) in [5.41, 5.74) is 4.29. The van der Waals surface area contributed by atoms with Crippen LogP contribution in [0.5, 0.6) is 0 Å². The van der Waals surface area contributed by atoms with Crippen LogP contribution in [0.3, 0.4) is 0 Å². The molecule has 0 radical (unpaired) electrons. The highest BCUT2D eigenvalue weighted by molar-refractivity contribution is 7.12. The largest absolute Gasteiger partial charge is 0.481 e. The average molecular weight is 423 g/mol. The molecule has 152 valence electrons. The molecule has 1 aliphatic rings. The number of carboxylic acid groups (broad SMARTS) is 1. The van der Waals surface area contributed by atoms with E-state index >= 15 is 0 Å². The summed E-state index contributed by atoms with van der Waals surface area (Å²) in [7, 11) is 0. The Balaban J connectivity index is 0.00000280. The third-order valence-corrected chi connectivity index (χ3v) is 6.01. The summed E-state index contributed by atoms with van der Waals surface area (Å²) < 4.78 is 0. The van der Waals surface area contributed by atoms with E-state index in [1.807, 2.05) is 12.1 Å². The third kappa shape index (κ3) is 5.56. The standard InChI is InChI=1S/C21H26N2O3S.ClH/c1-15-6-3-4-8-18(15)19(20-16(2)9-13-27-20)22-26-12-11-23-10-5-7-17(14-23)21(24)25;/h3-4,6,8-9,13,17H,5,7,10-12,14H2,1-2H3,(H,24,25);1H/t17-;/m0./s1. The molecule has 0 spiro atoms. The lowest BCUT2D eigenvalue weighted by atomic mass is 9.98. The Bertz CT molecular complexity index is 821. The maximum absolute atomic E-state index is 11.2. The first-order valence-corrected chi connectivity index (χ1v) is 10.2. The molecule has 1 aliphatic heterocycles. The van der Waals surface area contributed by atoms with Gasteiger partial charge < -0.3 is 9.94 Å². The quantitative estimate of drug-likeness (QED) is 0.409. The molecule has 1 atom stereocenters. The van der Waals surface area contributed by atoms with Gasteiger partial charge in [0.2, 0.25) is 0 Å². The number of carboxylic acids is 1. The van der Waals surface area contributed by atoms with Crippen LogP contribution in [-0.2, 0) is 9.63 Å². The second-order valence-corrected chi connectivity index (χ2v) is 7.91. The van der Waals surface area contributed by atoms with Gasteiger partial charge >= 0.3 is 5.97 Å². The van der Waals surface area contributed by atoms with E-state index in [-0.39, 0.29) is 18.3 Å². The lowest BCUT2D eigenvalue weighted by molar-refractivity contribution is -0.143. The molecule has 0 saturated carbocycles. The molecular formula is C21H27ClN2O3S.